The Balaban J connectivity index is 2.99. The molecule has 0 saturated carbocycles. The van der Waals surface area contributed by atoms with E-state index in [4.69, 9.17) is 4.74 Å². The first kappa shape index (κ1) is 14.3. The number of allylic oxidation sites excluding steroid dienone is 2. The van der Waals surface area contributed by atoms with Gasteiger partial charge in [0.05, 0.1) is 6.61 Å². The number of aryl methyl sites for hydroxylation is 1. The van der Waals surface area contributed by atoms with Gasteiger partial charge < -0.3 is 4.74 Å². The molecule has 0 spiro atoms. The molecule has 0 saturated heterocycles. The van der Waals surface area contributed by atoms with E-state index >= 15 is 0 Å². The molecule has 98 valence electrons. The number of anilines is 1. The summed E-state index contributed by atoms with van der Waals surface area (Å²) >= 11 is 0. The molecule has 0 aliphatic rings. The second-order valence-electron chi connectivity index (χ2n) is 4.25. The molecule has 0 aliphatic carbocycles. The molecule has 3 heteroatoms. The minimum Gasteiger partial charge on any atom is -0.450 e. The second-order valence-corrected chi connectivity index (χ2v) is 4.25. The van der Waals surface area contributed by atoms with Crippen LogP contribution in [-0.2, 0) is 4.74 Å². The zero-order valence-corrected chi connectivity index (χ0v) is 11.5. The van der Waals surface area contributed by atoms with E-state index in [1.165, 1.54) is 5.56 Å². The fourth-order valence-corrected chi connectivity index (χ4v) is 1.84. The van der Waals surface area contributed by atoms with E-state index in [1.54, 1.807) is 6.92 Å². The Kier molecular flexibility index (Phi) is 5.43. The Hall–Kier alpha value is -1.77. The predicted molar refractivity (Wildman–Crippen MR) is 75.1 cm³/mol. The van der Waals surface area contributed by atoms with Crippen molar-refractivity contribution in [2.24, 2.45) is 0 Å². The minimum atomic E-state index is -0.407. The minimum absolute atomic E-state index is 0.256. The van der Waals surface area contributed by atoms with Gasteiger partial charge in [-0.3, -0.25) is 5.32 Å². The molecule has 1 aromatic carbocycles. The molecular weight excluding hydrogens is 226 g/mol. The molecule has 1 amide bonds. The number of carbonyl (C=O) groups excluding carboxylic acids is 1. The van der Waals surface area contributed by atoms with Gasteiger partial charge in [0.25, 0.3) is 0 Å². The van der Waals surface area contributed by atoms with Crippen LogP contribution in [0, 0.1) is 6.92 Å². The van der Waals surface area contributed by atoms with Gasteiger partial charge in [-0.05, 0) is 32.4 Å². The normalized spacial score (nSPS) is 12.4. The topological polar surface area (TPSA) is 38.3 Å². The van der Waals surface area contributed by atoms with Crippen molar-refractivity contribution in [3.05, 3.63) is 41.5 Å². The standard InChI is InChI=1S/C15H21NO2/c1-5-7-12(4)13-10-11(3)8-9-14(13)16-15(17)18-6-2/h5,7-10,12H,6H2,1-4H3,(H,16,17)/b7-5+. The van der Waals surface area contributed by atoms with Gasteiger partial charge in [-0.25, -0.2) is 4.79 Å². The van der Waals surface area contributed by atoms with Gasteiger partial charge in [-0.1, -0.05) is 36.8 Å². The van der Waals surface area contributed by atoms with Gasteiger partial charge in [0.2, 0.25) is 0 Å². The van der Waals surface area contributed by atoms with Crippen LogP contribution < -0.4 is 5.32 Å². The van der Waals surface area contributed by atoms with Gasteiger partial charge >= 0.3 is 6.09 Å². The molecule has 1 atom stereocenters. The summed E-state index contributed by atoms with van der Waals surface area (Å²) in [6, 6.07) is 5.99. The monoisotopic (exact) mass is 247 g/mol. The molecule has 0 bridgehead atoms. The lowest BCUT2D eigenvalue weighted by Gasteiger charge is -2.15. The largest absolute Gasteiger partial charge is 0.450 e. The summed E-state index contributed by atoms with van der Waals surface area (Å²) in [5.74, 6) is 0.256. The van der Waals surface area contributed by atoms with Gasteiger partial charge in [-0.15, -0.1) is 0 Å². The van der Waals surface area contributed by atoms with E-state index in [-0.39, 0.29) is 5.92 Å². The highest BCUT2D eigenvalue weighted by atomic mass is 16.5. The third-order valence-corrected chi connectivity index (χ3v) is 2.69. The summed E-state index contributed by atoms with van der Waals surface area (Å²) in [5, 5.41) is 2.78. The highest BCUT2D eigenvalue weighted by Gasteiger charge is 2.11. The van der Waals surface area contributed by atoms with E-state index in [9.17, 15) is 4.79 Å². The lowest BCUT2D eigenvalue weighted by molar-refractivity contribution is 0.168. The summed E-state index contributed by atoms with van der Waals surface area (Å²) in [6.07, 6.45) is 3.71. The van der Waals surface area contributed by atoms with Crippen LogP contribution in [0.5, 0.6) is 0 Å². The van der Waals surface area contributed by atoms with E-state index in [0.717, 1.165) is 11.3 Å². The summed E-state index contributed by atoms with van der Waals surface area (Å²) in [7, 11) is 0. The van der Waals surface area contributed by atoms with Crippen LogP contribution in [0.4, 0.5) is 10.5 Å². The Morgan fingerprint density at radius 1 is 1.50 bits per heavy atom. The first-order valence-electron chi connectivity index (χ1n) is 6.25. The van der Waals surface area contributed by atoms with Crippen LogP contribution in [0.3, 0.4) is 0 Å². The molecule has 0 radical (unpaired) electrons. The summed E-state index contributed by atoms with van der Waals surface area (Å²) in [4.78, 5) is 11.5. The molecule has 0 heterocycles. The number of amides is 1. The maximum atomic E-state index is 11.5. The van der Waals surface area contributed by atoms with Crippen molar-refractivity contribution in [3.63, 3.8) is 0 Å². The smallest absolute Gasteiger partial charge is 0.411 e. The third-order valence-electron chi connectivity index (χ3n) is 2.69. The Bertz CT molecular complexity index is 438. The van der Waals surface area contributed by atoms with E-state index in [2.05, 4.69) is 24.4 Å². The molecule has 18 heavy (non-hydrogen) atoms. The first-order chi connectivity index (χ1) is 8.58. The van der Waals surface area contributed by atoms with Gasteiger partial charge in [0.1, 0.15) is 0 Å². The second kappa shape index (κ2) is 6.84. The summed E-state index contributed by atoms with van der Waals surface area (Å²) < 4.78 is 4.90. The quantitative estimate of drug-likeness (QED) is 0.808. The number of carbonyl (C=O) groups is 1. The van der Waals surface area contributed by atoms with Gasteiger partial charge in [0, 0.05) is 11.6 Å². The van der Waals surface area contributed by atoms with Crippen molar-refractivity contribution in [3.8, 4) is 0 Å². The number of hydrogen-bond acceptors (Lipinski definition) is 2. The zero-order valence-electron chi connectivity index (χ0n) is 11.5. The molecule has 1 aromatic rings. The molecular formula is C15H21NO2. The first-order valence-corrected chi connectivity index (χ1v) is 6.25. The number of rotatable bonds is 4. The van der Waals surface area contributed by atoms with Crippen LogP contribution in [-0.4, -0.2) is 12.7 Å². The lowest BCUT2D eigenvalue weighted by atomic mass is 9.97. The fraction of sp³-hybridized carbons (Fsp3) is 0.400. The average Bonchev–Trinajstić information content (AvgIpc) is 2.32. The van der Waals surface area contributed by atoms with E-state index in [1.807, 2.05) is 32.1 Å². The number of nitrogens with one attached hydrogen (secondary N) is 1. The van der Waals surface area contributed by atoms with Crippen molar-refractivity contribution < 1.29 is 9.53 Å². The highest BCUT2D eigenvalue weighted by Crippen LogP contribution is 2.26. The van der Waals surface area contributed by atoms with Crippen LogP contribution in [0.25, 0.3) is 0 Å². The van der Waals surface area contributed by atoms with Crippen LogP contribution in [0.15, 0.2) is 30.4 Å². The summed E-state index contributed by atoms with van der Waals surface area (Å²) in [6.45, 7) is 8.30. The van der Waals surface area contributed by atoms with Crippen molar-refractivity contribution in [2.75, 3.05) is 11.9 Å². The van der Waals surface area contributed by atoms with E-state index in [0.29, 0.717) is 6.61 Å². The molecule has 1 rings (SSSR count). The van der Waals surface area contributed by atoms with Crippen LogP contribution >= 0.6 is 0 Å². The van der Waals surface area contributed by atoms with Crippen molar-refractivity contribution >= 4 is 11.8 Å². The van der Waals surface area contributed by atoms with Crippen molar-refractivity contribution in [1.82, 2.24) is 0 Å². The molecule has 1 N–H and O–H groups in total. The number of hydrogen-bond donors (Lipinski definition) is 1. The summed E-state index contributed by atoms with van der Waals surface area (Å²) in [5.41, 5.74) is 3.08. The average molecular weight is 247 g/mol. The Morgan fingerprint density at radius 2 is 2.22 bits per heavy atom. The zero-order chi connectivity index (χ0) is 13.5. The van der Waals surface area contributed by atoms with E-state index < -0.39 is 6.09 Å². The van der Waals surface area contributed by atoms with Crippen LogP contribution in [0.1, 0.15) is 37.8 Å². The molecule has 0 aromatic heterocycles. The molecule has 1 unspecified atom stereocenters. The molecule has 0 fully saturated rings. The predicted octanol–water partition coefficient (Wildman–Crippen LogP) is 4.24. The van der Waals surface area contributed by atoms with Gasteiger partial charge in [0.15, 0.2) is 0 Å². The highest BCUT2D eigenvalue weighted by molar-refractivity contribution is 5.86. The van der Waals surface area contributed by atoms with Gasteiger partial charge in [-0.2, -0.15) is 0 Å². The molecule has 3 nitrogen and oxygen atoms in total. The van der Waals surface area contributed by atoms with Crippen molar-refractivity contribution in [1.29, 1.82) is 0 Å². The Morgan fingerprint density at radius 3 is 2.83 bits per heavy atom. The third kappa shape index (κ3) is 3.91. The lowest BCUT2D eigenvalue weighted by Crippen LogP contribution is -2.15. The molecule has 0 aliphatic heterocycles. The maximum absolute atomic E-state index is 11.5. The Labute approximate surface area is 109 Å². The number of ether oxygens (including phenoxy) is 1. The van der Waals surface area contributed by atoms with Crippen molar-refractivity contribution in [2.45, 2.75) is 33.6 Å². The van der Waals surface area contributed by atoms with Crippen LogP contribution in [0.2, 0.25) is 0 Å². The SMILES string of the molecule is C/C=C/C(C)c1cc(C)ccc1NC(=O)OCC. The maximum Gasteiger partial charge on any atom is 0.411 e. The fourth-order valence-electron chi connectivity index (χ4n) is 1.84. The number of benzene rings is 1.